The Bertz CT molecular complexity index is 1460. The Morgan fingerprint density at radius 3 is 2.44 bits per heavy atom. The van der Waals surface area contributed by atoms with Gasteiger partial charge >= 0.3 is 5.97 Å². The van der Waals surface area contributed by atoms with E-state index in [9.17, 15) is 18.0 Å². The van der Waals surface area contributed by atoms with Crippen LogP contribution in [0.15, 0.2) is 71.6 Å². The molecule has 3 aromatic rings. The maximum atomic E-state index is 14.1. The van der Waals surface area contributed by atoms with E-state index in [4.69, 9.17) is 18.9 Å². The quantitative estimate of drug-likeness (QED) is 0.369. The van der Waals surface area contributed by atoms with Gasteiger partial charge in [-0.15, -0.1) is 0 Å². The zero-order chi connectivity index (χ0) is 28.2. The predicted octanol–water partition coefficient (Wildman–Crippen LogP) is 3.56. The van der Waals surface area contributed by atoms with Crippen LogP contribution >= 0.6 is 0 Å². The molecular formula is C28H30N2O8S. The summed E-state index contributed by atoms with van der Waals surface area (Å²) in [5, 5.41) is 0. The van der Waals surface area contributed by atoms with Crippen LogP contribution in [0.25, 0.3) is 0 Å². The van der Waals surface area contributed by atoms with Crippen LogP contribution in [0.3, 0.4) is 0 Å². The maximum absolute atomic E-state index is 14.1. The summed E-state index contributed by atoms with van der Waals surface area (Å²) in [5.41, 5.74) is 1.37. The average Bonchev–Trinajstić information content (AvgIpc) is 2.95. The molecule has 1 amide bonds. The van der Waals surface area contributed by atoms with Gasteiger partial charge in [-0.05, 0) is 67.9 Å². The third-order valence-corrected chi connectivity index (χ3v) is 7.94. The van der Waals surface area contributed by atoms with Gasteiger partial charge in [-0.1, -0.05) is 18.2 Å². The molecule has 1 atom stereocenters. The van der Waals surface area contributed by atoms with E-state index in [1.54, 1.807) is 67.6 Å². The first-order valence-corrected chi connectivity index (χ1v) is 13.7. The van der Waals surface area contributed by atoms with E-state index in [2.05, 4.69) is 0 Å². The Kier molecular flexibility index (Phi) is 8.29. The fourth-order valence-electron chi connectivity index (χ4n) is 4.23. The Morgan fingerprint density at radius 1 is 1.05 bits per heavy atom. The second-order valence-electron chi connectivity index (χ2n) is 8.69. The topological polar surface area (TPSA) is 112 Å². The lowest BCUT2D eigenvalue weighted by atomic mass is 10.2. The number of carbonyl (C=O) groups excluding carboxylic acids is 2. The highest BCUT2D eigenvalue weighted by atomic mass is 32.2. The molecule has 1 aliphatic rings. The van der Waals surface area contributed by atoms with E-state index in [0.29, 0.717) is 29.4 Å². The number of fused-ring (bicyclic) bond motifs is 1. The second kappa shape index (κ2) is 11.6. The summed E-state index contributed by atoms with van der Waals surface area (Å²) < 4.78 is 50.7. The second-order valence-corrected chi connectivity index (χ2v) is 10.5. The van der Waals surface area contributed by atoms with E-state index in [1.807, 2.05) is 6.92 Å². The number of carbonyl (C=O) groups is 2. The van der Waals surface area contributed by atoms with Crippen molar-refractivity contribution in [3.8, 4) is 17.2 Å². The van der Waals surface area contributed by atoms with E-state index >= 15 is 0 Å². The highest BCUT2D eigenvalue weighted by Crippen LogP contribution is 2.35. The Hall–Kier alpha value is -4.25. The van der Waals surface area contributed by atoms with Gasteiger partial charge in [-0.25, -0.2) is 13.2 Å². The molecule has 4 rings (SSSR count). The standard InChI is InChI=1S/C28H30N2O8S/c1-5-37-21-13-11-20(12-14-21)30(39(33,34)26-16-19(2)10-15-24(26)35-3)18-27(31)29-17-25(28(32)36-4)38-23-9-7-6-8-22(23)29/h6-16,25H,5,17-18H2,1-4H3/t25-/m1/s1. The first kappa shape index (κ1) is 27.8. The molecule has 3 aromatic carbocycles. The van der Waals surface area contributed by atoms with Gasteiger partial charge in [0.2, 0.25) is 12.0 Å². The number of rotatable bonds is 9. The van der Waals surface area contributed by atoms with Crippen molar-refractivity contribution < 1.29 is 37.0 Å². The van der Waals surface area contributed by atoms with Gasteiger partial charge in [0.25, 0.3) is 10.0 Å². The fraction of sp³-hybridized carbons (Fsp3) is 0.286. The Morgan fingerprint density at radius 2 is 1.77 bits per heavy atom. The van der Waals surface area contributed by atoms with Gasteiger partial charge in [0.1, 0.15) is 28.7 Å². The molecule has 0 unspecified atom stereocenters. The van der Waals surface area contributed by atoms with Crippen LogP contribution in [-0.4, -0.2) is 60.3 Å². The SMILES string of the molecule is CCOc1ccc(N(CC(=O)N2C[C@H](C(=O)OC)Oc3ccccc32)S(=O)(=O)c2cc(C)ccc2OC)cc1. The summed E-state index contributed by atoms with van der Waals surface area (Å²) >= 11 is 0. The van der Waals surface area contributed by atoms with E-state index < -0.39 is 34.5 Å². The number of aryl methyl sites for hydroxylation is 1. The summed E-state index contributed by atoms with van der Waals surface area (Å²) in [6.45, 7) is 3.35. The maximum Gasteiger partial charge on any atom is 0.348 e. The van der Waals surface area contributed by atoms with E-state index in [1.165, 1.54) is 25.2 Å². The number of para-hydroxylation sites is 2. The lowest BCUT2D eigenvalue weighted by molar-refractivity contribution is -0.148. The predicted molar refractivity (Wildman–Crippen MR) is 145 cm³/mol. The van der Waals surface area contributed by atoms with Gasteiger partial charge in [-0.3, -0.25) is 9.10 Å². The molecule has 206 valence electrons. The molecule has 1 aliphatic heterocycles. The van der Waals surface area contributed by atoms with Crippen molar-refractivity contribution in [3.05, 3.63) is 72.3 Å². The van der Waals surface area contributed by atoms with Crippen molar-refractivity contribution in [1.82, 2.24) is 0 Å². The first-order valence-electron chi connectivity index (χ1n) is 12.2. The third-order valence-electron chi connectivity index (χ3n) is 6.14. The van der Waals surface area contributed by atoms with Crippen LogP contribution in [0.4, 0.5) is 11.4 Å². The lowest BCUT2D eigenvalue weighted by Crippen LogP contribution is -2.51. The number of nitrogens with zero attached hydrogens (tertiary/aromatic N) is 2. The summed E-state index contributed by atoms with van der Waals surface area (Å²) in [6.07, 6.45) is -1.07. The molecule has 0 bridgehead atoms. The highest BCUT2D eigenvalue weighted by molar-refractivity contribution is 7.93. The zero-order valence-electron chi connectivity index (χ0n) is 22.1. The van der Waals surface area contributed by atoms with Crippen LogP contribution in [0.5, 0.6) is 17.2 Å². The molecule has 0 radical (unpaired) electrons. The van der Waals surface area contributed by atoms with Crippen molar-refractivity contribution in [1.29, 1.82) is 0 Å². The van der Waals surface area contributed by atoms with Crippen molar-refractivity contribution in [3.63, 3.8) is 0 Å². The molecule has 0 saturated carbocycles. The highest BCUT2D eigenvalue weighted by Gasteiger charge is 2.37. The molecule has 0 fully saturated rings. The number of anilines is 2. The minimum atomic E-state index is -4.29. The Labute approximate surface area is 227 Å². The molecule has 0 N–H and O–H groups in total. The number of hydrogen-bond acceptors (Lipinski definition) is 8. The number of benzene rings is 3. The summed E-state index contributed by atoms with van der Waals surface area (Å²) in [6, 6.07) is 17.9. The molecule has 0 aromatic heterocycles. The van der Waals surface area contributed by atoms with Crippen LogP contribution in [0, 0.1) is 6.92 Å². The monoisotopic (exact) mass is 554 g/mol. The number of sulfonamides is 1. The number of esters is 1. The first-order chi connectivity index (χ1) is 18.7. The van der Waals surface area contributed by atoms with Crippen molar-refractivity contribution in [2.24, 2.45) is 0 Å². The minimum absolute atomic E-state index is 0.0819. The molecule has 0 spiro atoms. The molecule has 1 heterocycles. The molecule has 0 saturated heterocycles. The normalized spacial score (nSPS) is 14.6. The molecule has 0 aliphatic carbocycles. The number of hydrogen-bond donors (Lipinski definition) is 0. The van der Waals surface area contributed by atoms with Gasteiger partial charge in [-0.2, -0.15) is 0 Å². The summed E-state index contributed by atoms with van der Waals surface area (Å²) in [5.74, 6) is -0.206. The van der Waals surface area contributed by atoms with E-state index in [0.717, 1.165) is 4.31 Å². The number of ether oxygens (including phenoxy) is 4. The van der Waals surface area contributed by atoms with E-state index in [-0.39, 0.29) is 22.9 Å². The van der Waals surface area contributed by atoms with Gasteiger partial charge in [0.05, 0.1) is 38.7 Å². The lowest BCUT2D eigenvalue weighted by Gasteiger charge is -2.35. The smallest absolute Gasteiger partial charge is 0.348 e. The van der Waals surface area contributed by atoms with Gasteiger partial charge < -0.3 is 23.8 Å². The van der Waals surface area contributed by atoms with Gasteiger partial charge in [0, 0.05) is 0 Å². The number of amides is 1. The van der Waals surface area contributed by atoms with Crippen molar-refractivity contribution >= 4 is 33.3 Å². The van der Waals surface area contributed by atoms with Crippen LogP contribution in [0.1, 0.15) is 12.5 Å². The van der Waals surface area contributed by atoms with Gasteiger partial charge in [0.15, 0.2) is 0 Å². The number of methoxy groups -OCH3 is 2. The van der Waals surface area contributed by atoms with Crippen LogP contribution < -0.4 is 23.4 Å². The molecule has 11 heteroatoms. The Balaban J connectivity index is 1.77. The molecular weight excluding hydrogens is 524 g/mol. The van der Waals surface area contributed by atoms with Crippen LogP contribution in [-0.2, 0) is 24.3 Å². The molecule has 39 heavy (non-hydrogen) atoms. The third kappa shape index (κ3) is 5.78. The fourth-order valence-corrected chi connectivity index (χ4v) is 5.89. The minimum Gasteiger partial charge on any atom is -0.495 e. The zero-order valence-corrected chi connectivity index (χ0v) is 22.9. The largest absolute Gasteiger partial charge is 0.495 e. The summed E-state index contributed by atoms with van der Waals surface area (Å²) in [7, 11) is -1.68. The molecule has 10 nitrogen and oxygen atoms in total. The van der Waals surface area contributed by atoms with Crippen molar-refractivity contribution in [2.75, 3.05) is 43.1 Å². The summed E-state index contributed by atoms with van der Waals surface area (Å²) in [4.78, 5) is 27.4. The van der Waals surface area contributed by atoms with Crippen LogP contribution in [0.2, 0.25) is 0 Å². The average molecular weight is 555 g/mol. The van der Waals surface area contributed by atoms with Crippen molar-refractivity contribution in [2.45, 2.75) is 24.8 Å².